The van der Waals surface area contributed by atoms with Crippen molar-refractivity contribution in [2.75, 3.05) is 0 Å². The van der Waals surface area contributed by atoms with Crippen molar-refractivity contribution < 1.29 is 4.79 Å². The maximum atomic E-state index is 11.9. The molecule has 0 radical (unpaired) electrons. The van der Waals surface area contributed by atoms with Gasteiger partial charge in [-0.3, -0.25) is 19.1 Å². The van der Waals surface area contributed by atoms with Gasteiger partial charge in [0.1, 0.15) is 6.54 Å². The smallest absolute Gasteiger partial charge is 0.328 e. The quantitative estimate of drug-likeness (QED) is 0.886. The molecule has 0 aliphatic heterocycles. The first-order chi connectivity index (χ1) is 9.97. The van der Waals surface area contributed by atoms with Crippen molar-refractivity contribution in [3.8, 4) is 0 Å². The predicted octanol–water partition coefficient (Wildman–Crippen LogP) is 1.07. The predicted molar refractivity (Wildman–Crippen MR) is 79.3 cm³/mol. The van der Waals surface area contributed by atoms with E-state index in [0.717, 1.165) is 10.1 Å². The van der Waals surface area contributed by atoms with Crippen LogP contribution >= 0.6 is 11.6 Å². The first-order valence-electron chi connectivity index (χ1n) is 6.31. The molecule has 0 spiro atoms. The van der Waals surface area contributed by atoms with Crippen LogP contribution in [0.15, 0.2) is 46.1 Å². The highest BCUT2D eigenvalue weighted by Gasteiger charge is 2.12. The minimum atomic E-state index is -0.622. The summed E-state index contributed by atoms with van der Waals surface area (Å²) in [5.41, 5.74) is -0.328. The number of aromatic amines is 1. The van der Waals surface area contributed by atoms with Crippen molar-refractivity contribution in [1.29, 1.82) is 0 Å². The number of amides is 1. The Balaban J connectivity index is 2.07. The van der Waals surface area contributed by atoms with E-state index in [9.17, 15) is 14.4 Å². The van der Waals surface area contributed by atoms with Gasteiger partial charge >= 0.3 is 5.69 Å². The largest absolute Gasteiger partial charge is 0.348 e. The third kappa shape index (κ3) is 3.82. The van der Waals surface area contributed by atoms with E-state index in [-0.39, 0.29) is 18.5 Å². The van der Waals surface area contributed by atoms with E-state index in [0.29, 0.717) is 5.02 Å². The van der Waals surface area contributed by atoms with Gasteiger partial charge in [0.25, 0.3) is 5.56 Å². The van der Waals surface area contributed by atoms with Gasteiger partial charge in [-0.15, -0.1) is 0 Å². The summed E-state index contributed by atoms with van der Waals surface area (Å²) in [6.07, 6.45) is 1.28. The van der Waals surface area contributed by atoms with Crippen LogP contribution < -0.4 is 16.6 Å². The third-order valence-corrected chi connectivity index (χ3v) is 3.30. The summed E-state index contributed by atoms with van der Waals surface area (Å²) >= 11 is 6.06. The Morgan fingerprint density at radius 2 is 2.05 bits per heavy atom. The molecular weight excluding hydrogens is 294 g/mol. The molecule has 0 saturated heterocycles. The van der Waals surface area contributed by atoms with Gasteiger partial charge in [0.2, 0.25) is 5.91 Å². The molecule has 7 heteroatoms. The summed E-state index contributed by atoms with van der Waals surface area (Å²) in [7, 11) is 0. The molecule has 1 amide bonds. The average Bonchev–Trinajstić information content (AvgIpc) is 2.42. The highest BCUT2D eigenvalue weighted by Crippen LogP contribution is 2.21. The van der Waals surface area contributed by atoms with Crippen LogP contribution in [0.1, 0.15) is 18.5 Å². The Bertz CT molecular complexity index is 766. The molecule has 2 aromatic rings. The second-order valence-electron chi connectivity index (χ2n) is 4.55. The van der Waals surface area contributed by atoms with Crippen LogP contribution in [-0.4, -0.2) is 15.5 Å². The number of nitrogens with zero attached hydrogens (tertiary/aromatic N) is 1. The van der Waals surface area contributed by atoms with Crippen molar-refractivity contribution in [2.24, 2.45) is 0 Å². The molecule has 0 fully saturated rings. The number of nitrogens with one attached hydrogen (secondary N) is 2. The molecule has 2 N–H and O–H groups in total. The van der Waals surface area contributed by atoms with Crippen LogP contribution in [0.5, 0.6) is 0 Å². The van der Waals surface area contributed by atoms with Crippen LogP contribution in [0, 0.1) is 0 Å². The molecule has 1 heterocycles. The van der Waals surface area contributed by atoms with E-state index in [1.165, 1.54) is 12.3 Å². The molecule has 110 valence electrons. The fourth-order valence-electron chi connectivity index (χ4n) is 1.91. The molecule has 0 saturated carbocycles. The number of hydrogen-bond acceptors (Lipinski definition) is 3. The zero-order valence-electron chi connectivity index (χ0n) is 11.3. The fourth-order valence-corrected chi connectivity index (χ4v) is 2.21. The summed E-state index contributed by atoms with van der Waals surface area (Å²) in [5.74, 6) is -0.350. The van der Waals surface area contributed by atoms with Crippen LogP contribution in [-0.2, 0) is 11.3 Å². The van der Waals surface area contributed by atoms with Gasteiger partial charge in [-0.1, -0.05) is 29.8 Å². The number of aromatic nitrogens is 2. The molecule has 0 aliphatic rings. The topological polar surface area (TPSA) is 84.0 Å². The lowest BCUT2D eigenvalue weighted by molar-refractivity contribution is -0.122. The maximum absolute atomic E-state index is 11.9. The summed E-state index contributed by atoms with van der Waals surface area (Å²) < 4.78 is 1.12. The lowest BCUT2D eigenvalue weighted by Gasteiger charge is -2.16. The maximum Gasteiger partial charge on any atom is 0.328 e. The molecule has 1 aromatic carbocycles. The average molecular weight is 308 g/mol. The van der Waals surface area contributed by atoms with E-state index in [1.807, 2.05) is 12.1 Å². The van der Waals surface area contributed by atoms with Gasteiger partial charge in [-0.05, 0) is 18.6 Å². The number of halogens is 1. The number of H-pyrrole nitrogens is 1. The van der Waals surface area contributed by atoms with Gasteiger partial charge < -0.3 is 5.32 Å². The molecule has 2 rings (SSSR count). The van der Waals surface area contributed by atoms with Crippen molar-refractivity contribution in [3.05, 3.63) is 68.0 Å². The second kappa shape index (κ2) is 6.41. The lowest BCUT2D eigenvalue weighted by Crippen LogP contribution is -2.36. The Hall–Kier alpha value is -2.34. The van der Waals surface area contributed by atoms with E-state index in [1.54, 1.807) is 19.1 Å². The van der Waals surface area contributed by atoms with E-state index < -0.39 is 11.2 Å². The molecule has 1 atom stereocenters. The SMILES string of the molecule is CC(NC(=O)Cn1ccc(=O)[nH]c1=O)c1ccccc1Cl. The molecule has 6 nitrogen and oxygen atoms in total. The molecule has 21 heavy (non-hydrogen) atoms. The van der Waals surface area contributed by atoms with Gasteiger partial charge in [-0.25, -0.2) is 4.79 Å². The second-order valence-corrected chi connectivity index (χ2v) is 4.96. The normalized spacial score (nSPS) is 11.9. The summed E-state index contributed by atoms with van der Waals surface area (Å²) in [4.78, 5) is 36.5. The van der Waals surface area contributed by atoms with Gasteiger partial charge in [0.05, 0.1) is 6.04 Å². The molecule has 1 unspecified atom stereocenters. The highest BCUT2D eigenvalue weighted by atomic mass is 35.5. The van der Waals surface area contributed by atoms with E-state index in [2.05, 4.69) is 10.3 Å². The Kier molecular flexibility index (Phi) is 4.59. The van der Waals surface area contributed by atoms with Crippen molar-refractivity contribution >= 4 is 17.5 Å². The highest BCUT2D eigenvalue weighted by molar-refractivity contribution is 6.31. The van der Waals surface area contributed by atoms with Crippen molar-refractivity contribution in [1.82, 2.24) is 14.9 Å². The Morgan fingerprint density at radius 1 is 1.33 bits per heavy atom. The van der Waals surface area contributed by atoms with E-state index in [4.69, 9.17) is 11.6 Å². The first kappa shape index (κ1) is 15.1. The minimum absolute atomic E-state index is 0.176. The summed E-state index contributed by atoms with van der Waals surface area (Å²) in [6.45, 7) is 1.62. The van der Waals surface area contributed by atoms with Crippen molar-refractivity contribution in [2.45, 2.75) is 19.5 Å². The Morgan fingerprint density at radius 3 is 2.71 bits per heavy atom. The number of hydrogen-bond donors (Lipinski definition) is 2. The molecule has 1 aromatic heterocycles. The summed E-state index contributed by atoms with van der Waals surface area (Å²) in [5, 5.41) is 3.31. The number of carbonyl (C=O) groups is 1. The molecule has 0 aliphatic carbocycles. The fraction of sp³-hybridized carbons (Fsp3) is 0.214. The third-order valence-electron chi connectivity index (χ3n) is 2.96. The lowest BCUT2D eigenvalue weighted by atomic mass is 10.1. The number of carbonyl (C=O) groups excluding carboxylic acids is 1. The summed E-state index contributed by atoms with van der Waals surface area (Å²) in [6, 6.07) is 8.10. The van der Waals surface area contributed by atoms with Crippen LogP contribution in [0.3, 0.4) is 0 Å². The van der Waals surface area contributed by atoms with Crippen LogP contribution in [0.25, 0.3) is 0 Å². The number of rotatable bonds is 4. The number of benzene rings is 1. The van der Waals surface area contributed by atoms with Crippen LogP contribution in [0.2, 0.25) is 5.02 Å². The van der Waals surface area contributed by atoms with E-state index >= 15 is 0 Å². The molecular formula is C14H14ClN3O3. The van der Waals surface area contributed by atoms with Crippen molar-refractivity contribution in [3.63, 3.8) is 0 Å². The standard InChI is InChI=1S/C14H14ClN3O3/c1-9(10-4-2-3-5-11(10)15)16-13(20)8-18-7-6-12(19)17-14(18)21/h2-7,9H,8H2,1H3,(H,16,20)(H,17,19,21). The minimum Gasteiger partial charge on any atom is -0.348 e. The Labute approximate surface area is 125 Å². The van der Waals surface area contributed by atoms with Gasteiger partial charge in [0, 0.05) is 17.3 Å². The first-order valence-corrected chi connectivity index (χ1v) is 6.68. The zero-order chi connectivity index (χ0) is 15.4. The van der Waals surface area contributed by atoms with Crippen LogP contribution in [0.4, 0.5) is 0 Å². The monoisotopic (exact) mass is 307 g/mol. The van der Waals surface area contributed by atoms with Gasteiger partial charge in [0.15, 0.2) is 0 Å². The van der Waals surface area contributed by atoms with Gasteiger partial charge in [-0.2, -0.15) is 0 Å². The molecule has 0 bridgehead atoms. The zero-order valence-corrected chi connectivity index (χ0v) is 12.1.